The summed E-state index contributed by atoms with van der Waals surface area (Å²) in [5.41, 5.74) is 2.44. The van der Waals surface area contributed by atoms with Gasteiger partial charge in [0.2, 0.25) is 5.91 Å². The molecule has 0 radical (unpaired) electrons. The average molecular weight is 396 g/mol. The van der Waals surface area contributed by atoms with Crippen LogP contribution in [0, 0.1) is 6.92 Å². The van der Waals surface area contributed by atoms with Crippen LogP contribution in [0.1, 0.15) is 12.5 Å². The summed E-state index contributed by atoms with van der Waals surface area (Å²) in [6, 6.07) is 17.3. The number of benzene rings is 2. The maximum atomic E-state index is 12.5. The van der Waals surface area contributed by atoms with Gasteiger partial charge in [-0.05, 0) is 48.9 Å². The molecule has 7 nitrogen and oxygen atoms in total. The summed E-state index contributed by atoms with van der Waals surface area (Å²) in [5, 5.41) is 5.82. The minimum atomic E-state index is -3.68. The van der Waals surface area contributed by atoms with Crippen molar-refractivity contribution in [2.75, 3.05) is 15.4 Å². The molecule has 0 aliphatic rings. The van der Waals surface area contributed by atoms with Crippen molar-refractivity contribution >= 4 is 38.8 Å². The van der Waals surface area contributed by atoms with Crippen molar-refractivity contribution in [2.24, 2.45) is 0 Å². The Labute approximate surface area is 163 Å². The van der Waals surface area contributed by atoms with Gasteiger partial charge in [-0.2, -0.15) is 0 Å². The molecule has 0 saturated heterocycles. The molecule has 0 atom stereocenters. The van der Waals surface area contributed by atoms with Crippen LogP contribution in [-0.2, 0) is 14.8 Å². The largest absolute Gasteiger partial charge is 0.340 e. The van der Waals surface area contributed by atoms with Crippen LogP contribution in [-0.4, -0.2) is 19.3 Å². The van der Waals surface area contributed by atoms with Crippen molar-refractivity contribution < 1.29 is 13.2 Å². The molecule has 0 fully saturated rings. The molecule has 3 N–H and O–H groups in total. The van der Waals surface area contributed by atoms with Gasteiger partial charge >= 0.3 is 0 Å². The van der Waals surface area contributed by atoms with Gasteiger partial charge in [0.15, 0.2) is 0 Å². The van der Waals surface area contributed by atoms with E-state index in [1.165, 1.54) is 13.1 Å². The second-order valence-electron chi connectivity index (χ2n) is 6.19. The molecule has 144 valence electrons. The fraction of sp³-hybridized carbons (Fsp3) is 0.100. The van der Waals surface area contributed by atoms with Gasteiger partial charge < -0.3 is 10.6 Å². The van der Waals surface area contributed by atoms with Gasteiger partial charge in [0.05, 0.1) is 16.8 Å². The van der Waals surface area contributed by atoms with Crippen molar-refractivity contribution in [1.29, 1.82) is 0 Å². The molecule has 1 aromatic heterocycles. The lowest BCUT2D eigenvalue weighted by Crippen LogP contribution is -2.14. The highest BCUT2D eigenvalue weighted by molar-refractivity contribution is 7.92. The number of nitrogens with one attached hydrogen (secondary N) is 3. The zero-order valence-electron chi connectivity index (χ0n) is 15.4. The van der Waals surface area contributed by atoms with Crippen LogP contribution in [0.2, 0.25) is 0 Å². The maximum Gasteiger partial charge on any atom is 0.262 e. The predicted molar refractivity (Wildman–Crippen MR) is 110 cm³/mol. The number of anilines is 4. The molecule has 3 rings (SSSR count). The second kappa shape index (κ2) is 8.10. The Bertz CT molecular complexity index is 1100. The number of aryl methyl sites for hydroxylation is 1. The van der Waals surface area contributed by atoms with E-state index in [1.807, 2.05) is 6.07 Å². The van der Waals surface area contributed by atoms with E-state index in [1.54, 1.807) is 61.5 Å². The lowest BCUT2D eigenvalue weighted by molar-refractivity contribution is -0.114. The third kappa shape index (κ3) is 4.86. The van der Waals surface area contributed by atoms with Crippen LogP contribution in [0.4, 0.5) is 22.9 Å². The van der Waals surface area contributed by atoms with Gasteiger partial charge in [0.1, 0.15) is 5.82 Å². The quantitative estimate of drug-likeness (QED) is 0.587. The van der Waals surface area contributed by atoms with Crippen LogP contribution in [0.15, 0.2) is 71.8 Å². The van der Waals surface area contributed by atoms with Crippen molar-refractivity contribution in [3.05, 3.63) is 72.4 Å². The van der Waals surface area contributed by atoms with Gasteiger partial charge in [0, 0.05) is 18.3 Å². The summed E-state index contributed by atoms with van der Waals surface area (Å²) < 4.78 is 27.6. The van der Waals surface area contributed by atoms with Crippen molar-refractivity contribution in [3.8, 4) is 0 Å². The summed E-state index contributed by atoms with van der Waals surface area (Å²) in [6.07, 6.45) is 1.44. The first kappa shape index (κ1) is 19.4. The predicted octanol–water partition coefficient (Wildman–Crippen LogP) is 3.89. The summed E-state index contributed by atoms with van der Waals surface area (Å²) >= 11 is 0. The Morgan fingerprint density at radius 3 is 2.36 bits per heavy atom. The van der Waals surface area contributed by atoms with E-state index in [2.05, 4.69) is 20.3 Å². The number of hydrogen-bond donors (Lipinski definition) is 3. The lowest BCUT2D eigenvalue weighted by atomic mass is 10.2. The van der Waals surface area contributed by atoms with Crippen molar-refractivity contribution in [3.63, 3.8) is 0 Å². The topological polar surface area (TPSA) is 100 Å². The van der Waals surface area contributed by atoms with Gasteiger partial charge in [-0.1, -0.05) is 24.3 Å². The fourth-order valence-electron chi connectivity index (χ4n) is 2.62. The number of carbonyl (C=O) groups excluding carboxylic acids is 1. The highest BCUT2D eigenvalue weighted by Crippen LogP contribution is 2.22. The van der Waals surface area contributed by atoms with Crippen LogP contribution in [0.3, 0.4) is 0 Å². The number of amides is 1. The first-order valence-corrected chi connectivity index (χ1v) is 10.0. The van der Waals surface area contributed by atoms with Crippen LogP contribution < -0.4 is 15.4 Å². The average Bonchev–Trinajstić information content (AvgIpc) is 2.63. The molecule has 1 heterocycles. The highest BCUT2D eigenvalue weighted by Gasteiger charge is 2.16. The number of rotatable bonds is 6. The molecule has 1 amide bonds. The highest BCUT2D eigenvalue weighted by atomic mass is 32.2. The monoisotopic (exact) mass is 396 g/mol. The number of pyridine rings is 1. The van der Waals surface area contributed by atoms with Crippen molar-refractivity contribution in [1.82, 2.24) is 4.98 Å². The lowest BCUT2D eigenvalue weighted by Gasteiger charge is -2.11. The molecular formula is C20H20N4O3S. The summed E-state index contributed by atoms with van der Waals surface area (Å²) in [6.45, 7) is 3.19. The van der Waals surface area contributed by atoms with Gasteiger partial charge in [0.25, 0.3) is 10.0 Å². The first-order valence-electron chi connectivity index (χ1n) is 8.53. The van der Waals surface area contributed by atoms with Crippen LogP contribution in [0.5, 0.6) is 0 Å². The number of aromatic nitrogens is 1. The minimum absolute atomic E-state index is 0.152. The zero-order valence-corrected chi connectivity index (χ0v) is 16.2. The Morgan fingerprint density at radius 1 is 0.929 bits per heavy atom. The molecular weight excluding hydrogens is 376 g/mol. The standard InChI is InChI=1S/C20H20N4O3S/c1-14-6-3-4-9-19(14)28(26,27)24-18-10-11-20(21-13-18)23-17-8-5-7-16(12-17)22-15(2)25/h3-13,24H,1-2H3,(H,21,23)(H,22,25). The van der Waals surface area contributed by atoms with Gasteiger partial charge in [-0.3, -0.25) is 9.52 Å². The number of hydrogen-bond acceptors (Lipinski definition) is 5. The van der Waals surface area contributed by atoms with Gasteiger partial charge in [-0.15, -0.1) is 0 Å². The summed E-state index contributed by atoms with van der Waals surface area (Å²) in [4.78, 5) is 15.6. The molecule has 3 aromatic rings. The van der Waals surface area contributed by atoms with Crippen LogP contribution in [0.25, 0.3) is 0 Å². The van der Waals surface area contributed by atoms with Gasteiger partial charge in [-0.25, -0.2) is 13.4 Å². The Hall–Kier alpha value is -3.39. The SMILES string of the molecule is CC(=O)Nc1cccc(Nc2ccc(NS(=O)(=O)c3ccccc3C)cn2)c1. The Kier molecular flexibility index (Phi) is 5.60. The number of sulfonamides is 1. The smallest absolute Gasteiger partial charge is 0.262 e. The number of nitrogens with zero attached hydrogens (tertiary/aromatic N) is 1. The summed E-state index contributed by atoms with van der Waals surface area (Å²) in [5.74, 6) is 0.388. The molecule has 0 saturated carbocycles. The van der Waals surface area contributed by atoms with Crippen LogP contribution >= 0.6 is 0 Å². The van der Waals surface area contributed by atoms with E-state index in [-0.39, 0.29) is 10.8 Å². The second-order valence-corrected chi connectivity index (χ2v) is 7.84. The van der Waals surface area contributed by atoms with E-state index in [9.17, 15) is 13.2 Å². The van der Waals surface area contributed by atoms with E-state index < -0.39 is 10.0 Å². The molecule has 2 aromatic carbocycles. The maximum absolute atomic E-state index is 12.5. The Balaban J connectivity index is 1.72. The molecule has 0 spiro atoms. The third-order valence-corrected chi connectivity index (χ3v) is 5.40. The van der Waals surface area contributed by atoms with Crippen molar-refractivity contribution in [2.45, 2.75) is 18.7 Å². The molecule has 0 unspecified atom stereocenters. The summed E-state index contributed by atoms with van der Waals surface area (Å²) in [7, 11) is -3.68. The minimum Gasteiger partial charge on any atom is -0.340 e. The van der Waals surface area contributed by atoms with E-state index >= 15 is 0 Å². The van der Waals surface area contributed by atoms with E-state index in [4.69, 9.17) is 0 Å². The van der Waals surface area contributed by atoms with E-state index in [0.717, 1.165) is 5.69 Å². The first-order chi connectivity index (χ1) is 13.3. The fourth-order valence-corrected chi connectivity index (χ4v) is 3.91. The molecule has 8 heteroatoms. The molecule has 0 aliphatic heterocycles. The zero-order chi connectivity index (χ0) is 20.1. The third-order valence-electron chi connectivity index (χ3n) is 3.85. The molecule has 0 aliphatic carbocycles. The molecule has 28 heavy (non-hydrogen) atoms. The Morgan fingerprint density at radius 2 is 1.68 bits per heavy atom. The number of carbonyl (C=O) groups is 1. The normalized spacial score (nSPS) is 10.9. The van der Waals surface area contributed by atoms with E-state index in [0.29, 0.717) is 22.8 Å². The molecule has 0 bridgehead atoms.